The first-order chi connectivity index (χ1) is 11.9. The van der Waals surface area contributed by atoms with E-state index in [1.165, 1.54) is 12.3 Å². The highest BCUT2D eigenvalue weighted by Gasteiger charge is 2.24. The molecule has 2 aromatic rings. The normalized spacial score (nSPS) is 14.9. The average molecular weight is 360 g/mol. The fourth-order valence-corrected chi connectivity index (χ4v) is 3.49. The van der Waals surface area contributed by atoms with Crippen LogP contribution in [0.1, 0.15) is 48.1 Å². The molecule has 1 atom stereocenters. The zero-order valence-electron chi connectivity index (χ0n) is 13.8. The van der Waals surface area contributed by atoms with Gasteiger partial charge in [-0.3, -0.25) is 9.59 Å². The molecular weight excluding hydrogens is 342 g/mol. The second-order valence-corrected chi connectivity index (χ2v) is 6.62. The number of pyridine rings is 1. The van der Waals surface area contributed by atoms with Crippen LogP contribution in [0.15, 0.2) is 35.3 Å². The molecule has 0 aliphatic heterocycles. The summed E-state index contributed by atoms with van der Waals surface area (Å²) < 4.78 is 1.14. The first kappa shape index (κ1) is 17.4. The van der Waals surface area contributed by atoms with Crippen molar-refractivity contribution < 1.29 is 14.7 Å². The van der Waals surface area contributed by atoms with Crippen molar-refractivity contribution in [1.82, 2.24) is 4.57 Å². The predicted molar refractivity (Wildman–Crippen MR) is 95.4 cm³/mol. The Hall–Kier alpha value is -2.40. The van der Waals surface area contributed by atoms with E-state index in [1.54, 1.807) is 19.1 Å². The predicted octanol–water partition coefficient (Wildman–Crippen LogP) is 3.72. The molecule has 5 nitrogen and oxygen atoms in total. The molecule has 0 saturated heterocycles. The lowest BCUT2D eigenvalue weighted by Crippen LogP contribution is -2.30. The van der Waals surface area contributed by atoms with Gasteiger partial charge in [-0.1, -0.05) is 24.6 Å². The van der Waals surface area contributed by atoms with Crippen molar-refractivity contribution in [2.75, 3.05) is 0 Å². The third-order valence-corrected chi connectivity index (χ3v) is 4.84. The van der Waals surface area contributed by atoms with Crippen LogP contribution in [0.25, 0.3) is 11.1 Å². The van der Waals surface area contributed by atoms with Gasteiger partial charge in [0.15, 0.2) is 5.78 Å². The van der Waals surface area contributed by atoms with Gasteiger partial charge in [0.2, 0.25) is 0 Å². The Balaban J connectivity index is 2.29. The summed E-state index contributed by atoms with van der Waals surface area (Å²) in [5.74, 6) is -1.18. The molecule has 0 spiro atoms. The van der Waals surface area contributed by atoms with Crippen LogP contribution in [0.4, 0.5) is 0 Å². The fraction of sp³-hybridized carbons (Fsp3) is 0.316. The smallest absolute Gasteiger partial charge is 0.326 e. The van der Waals surface area contributed by atoms with Gasteiger partial charge in [0.25, 0.3) is 5.56 Å². The summed E-state index contributed by atoms with van der Waals surface area (Å²) in [5, 5.41) is 9.88. The minimum Gasteiger partial charge on any atom is -0.480 e. The number of halogens is 1. The van der Waals surface area contributed by atoms with Crippen molar-refractivity contribution in [3.05, 3.63) is 57.0 Å². The average Bonchev–Trinajstić information content (AvgIpc) is 2.56. The van der Waals surface area contributed by atoms with Crippen molar-refractivity contribution in [1.29, 1.82) is 0 Å². The molecule has 1 unspecified atom stereocenters. The maximum Gasteiger partial charge on any atom is 0.326 e. The lowest BCUT2D eigenvalue weighted by atomic mass is 9.88. The molecule has 0 amide bonds. The summed E-state index contributed by atoms with van der Waals surface area (Å²) in [6, 6.07) is 5.83. The Morgan fingerprint density at radius 2 is 1.96 bits per heavy atom. The number of carbonyl (C=O) groups excluding carboxylic acids is 1. The third-order valence-electron chi connectivity index (χ3n) is 4.60. The number of ketones is 1. The Kier molecular flexibility index (Phi) is 4.77. The van der Waals surface area contributed by atoms with E-state index in [2.05, 4.69) is 0 Å². The molecular formula is C19H18ClNO4. The van der Waals surface area contributed by atoms with Crippen LogP contribution in [0.2, 0.25) is 5.02 Å². The van der Waals surface area contributed by atoms with E-state index >= 15 is 0 Å². The number of fused-ring (bicyclic) bond motifs is 3. The highest BCUT2D eigenvalue weighted by Crippen LogP contribution is 2.33. The zero-order chi connectivity index (χ0) is 18.1. The largest absolute Gasteiger partial charge is 0.480 e. The Bertz CT molecular complexity index is 916. The summed E-state index contributed by atoms with van der Waals surface area (Å²) in [7, 11) is 0. The molecule has 0 fully saturated rings. The first-order valence-electron chi connectivity index (χ1n) is 8.23. The maximum atomic E-state index is 12.6. The van der Waals surface area contributed by atoms with Gasteiger partial charge in [0.1, 0.15) is 6.04 Å². The molecule has 25 heavy (non-hydrogen) atoms. The summed E-state index contributed by atoms with van der Waals surface area (Å²) >= 11 is 6.11. The summed E-state index contributed by atoms with van der Waals surface area (Å²) in [5.41, 5.74) is 2.27. The van der Waals surface area contributed by atoms with Crippen molar-refractivity contribution in [2.24, 2.45) is 0 Å². The van der Waals surface area contributed by atoms with Gasteiger partial charge in [-0.15, -0.1) is 0 Å². The number of Topliss-reactive ketones (excluding diaryl/α,β-unsaturated/α-hetero) is 1. The van der Waals surface area contributed by atoms with Crippen LogP contribution in [-0.2, 0) is 11.2 Å². The van der Waals surface area contributed by atoms with E-state index in [1.807, 2.05) is 6.07 Å². The molecule has 1 aliphatic carbocycles. The Labute approximate surface area is 149 Å². The van der Waals surface area contributed by atoms with E-state index in [-0.39, 0.29) is 12.2 Å². The quantitative estimate of drug-likeness (QED) is 0.906. The standard InChI is InChI=1S/C19H18ClNO4/c1-2-16(19(24)25)21-10-15-14(9-18(21)23)13-8-12(20)7-6-11(13)4-3-5-17(15)22/h6-10,16H,2-5H2,1H3,(H,24,25). The number of hydrogen-bond acceptors (Lipinski definition) is 3. The number of aromatic nitrogens is 1. The summed E-state index contributed by atoms with van der Waals surface area (Å²) in [4.78, 5) is 36.6. The Morgan fingerprint density at radius 3 is 2.64 bits per heavy atom. The zero-order valence-corrected chi connectivity index (χ0v) is 14.5. The van der Waals surface area contributed by atoms with Crippen molar-refractivity contribution in [3.63, 3.8) is 0 Å². The fourth-order valence-electron chi connectivity index (χ4n) is 3.32. The lowest BCUT2D eigenvalue weighted by Gasteiger charge is -2.20. The third kappa shape index (κ3) is 3.24. The van der Waals surface area contributed by atoms with Crippen LogP contribution in [0.3, 0.4) is 0 Å². The van der Waals surface area contributed by atoms with Crippen LogP contribution in [-0.4, -0.2) is 21.4 Å². The molecule has 0 radical (unpaired) electrons. The van der Waals surface area contributed by atoms with Crippen molar-refractivity contribution >= 4 is 23.4 Å². The molecule has 1 aliphatic rings. The highest BCUT2D eigenvalue weighted by atomic mass is 35.5. The molecule has 130 valence electrons. The molecule has 1 N–H and O–H groups in total. The second-order valence-electron chi connectivity index (χ2n) is 6.19. The molecule has 6 heteroatoms. The number of rotatable bonds is 3. The summed E-state index contributed by atoms with van der Waals surface area (Å²) in [6.07, 6.45) is 3.44. The molecule has 0 saturated carbocycles. The minimum absolute atomic E-state index is 0.0883. The molecule has 1 aromatic heterocycles. The molecule has 3 rings (SSSR count). The SMILES string of the molecule is CCC(C(=O)O)n1cc2c(cc1=O)-c1cc(Cl)ccc1CCCC2=O. The topological polar surface area (TPSA) is 76.4 Å². The monoisotopic (exact) mass is 359 g/mol. The van der Waals surface area contributed by atoms with E-state index in [0.717, 1.165) is 22.1 Å². The molecule has 0 bridgehead atoms. The van der Waals surface area contributed by atoms with Gasteiger partial charge in [0.05, 0.1) is 0 Å². The summed E-state index contributed by atoms with van der Waals surface area (Å²) in [6.45, 7) is 1.69. The molecule has 1 aromatic carbocycles. The molecule has 1 heterocycles. The van der Waals surface area contributed by atoms with Crippen molar-refractivity contribution in [2.45, 2.75) is 38.6 Å². The van der Waals surface area contributed by atoms with Crippen LogP contribution in [0, 0.1) is 0 Å². The van der Waals surface area contributed by atoms with Gasteiger partial charge < -0.3 is 9.67 Å². The number of nitrogens with zero attached hydrogens (tertiary/aromatic N) is 1. The van der Waals surface area contributed by atoms with Gasteiger partial charge in [-0.05, 0) is 48.1 Å². The van der Waals surface area contributed by atoms with E-state index in [4.69, 9.17) is 11.6 Å². The minimum atomic E-state index is -1.09. The van der Waals surface area contributed by atoms with Crippen LogP contribution < -0.4 is 5.56 Å². The van der Waals surface area contributed by atoms with Gasteiger partial charge in [-0.2, -0.15) is 0 Å². The number of benzene rings is 1. The highest BCUT2D eigenvalue weighted by molar-refractivity contribution is 6.31. The number of hydrogen-bond donors (Lipinski definition) is 1. The number of aryl methyl sites for hydroxylation is 1. The van der Waals surface area contributed by atoms with E-state index < -0.39 is 17.6 Å². The van der Waals surface area contributed by atoms with Crippen LogP contribution in [0.5, 0.6) is 0 Å². The Morgan fingerprint density at radius 1 is 1.20 bits per heavy atom. The van der Waals surface area contributed by atoms with Gasteiger partial charge >= 0.3 is 5.97 Å². The van der Waals surface area contributed by atoms with Gasteiger partial charge in [0, 0.05) is 29.3 Å². The van der Waals surface area contributed by atoms with Crippen LogP contribution >= 0.6 is 11.6 Å². The number of carboxylic acid groups (broad SMARTS) is 1. The number of aliphatic carboxylic acids is 1. The van der Waals surface area contributed by atoms with Gasteiger partial charge in [-0.25, -0.2) is 4.79 Å². The number of carboxylic acids is 1. The van der Waals surface area contributed by atoms with E-state index in [0.29, 0.717) is 29.0 Å². The first-order valence-corrected chi connectivity index (χ1v) is 8.61. The van der Waals surface area contributed by atoms with Crippen molar-refractivity contribution in [3.8, 4) is 11.1 Å². The number of carbonyl (C=O) groups is 2. The second kappa shape index (κ2) is 6.84. The van der Waals surface area contributed by atoms with E-state index in [9.17, 15) is 19.5 Å². The lowest BCUT2D eigenvalue weighted by molar-refractivity contribution is -0.141. The maximum absolute atomic E-state index is 12.6.